The minimum Gasteiger partial charge on any atom is -0.361 e. The SMILES string of the molecule is CC(C)N1CC(=N)C(=O)N(C(C)C)c2ccccc21. The first kappa shape index (κ1) is 13.6. The molecule has 1 N–H and O–H groups in total. The summed E-state index contributed by atoms with van der Waals surface area (Å²) in [5, 5.41) is 8.03. The zero-order valence-electron chi connectivity index (χ0n) is 12.0. The average Bonchev–Trinajstić information content (AvgIpc) is 2.46. The normalized spacial score (nSPS) is 16.1. The average molecular weight is 259 g/mol. The second kappa shape index (κ2) is 5.03. The summed E-state index contributed by atoms with van der Waals surface area (Å²) in [5.41, 5.74) is 2.08. The zero-order chi connectivity index (χ0) is 14.2. The van der Waals surface area contributed by atoms with Crippen molar-refractivity contribution in [1.29, 1.82) is 5.41 Å². The van der Waals surface area contributed by atoms with Crippen LogP contribution < -0.4 is 9.80 Å². The number of anilines is 2. The molecule has 0 fully saturated rings. The fraction of sp³-hybridized carbons (Fsp3) is 0.467. The van der Waals surface area contributed by atoms with Gasteiger partial charge in [0.2, 0.25) is 0 Å². The Balaban J connectivity index is 2.61. The van der Waals surface area contributed by atoms with Crippen LogP contribution in [0.5, 0.6) is 0 Å². The smallest absolute Gasteiger partial charge is 0.274 e. The second-order valence-corrected chi connectivity index (χ2v) is 5.46. The number of benzene rings is 1. The Morgan fingerprint density at radius 3 is 2.16 bits per heavy atom. The molecule has 0 aromatic heterocycles. The van der Waals surface area contributed by atoms with E-state index >= 15 is 0 Å². The molecule has 4 heteroatoms. The molecule has 0 unspecified atom stereocenters. The molecule has 2 rings (SSSR count). The predicted molar refractivity (Wildman–Crippen MR) is 79.3 cm³/mol. The van der Waals surface area contributed by atoms with Gasteiger partial charge in [-0.25, -0.2) is 0 Å². The van der Waals surface area contributed by atoms with Gasteiger partial charge in [-0.3, -0.25) is 10.2 Å². The summed E-state index contributed by atoms with van der Waals surface area (Å²) in [6.07, 6.45) is 0. The monoisotopic (exact) mass is 259 g/mol. The van der Waals surface area contributed by atoms with Crippen molar-refractivity contribution in [3.63, 3.8) is 0 Å². The van der Waals surface area contributed by atoms with Crippen LogP contribution in [0.25, 0.3) is 0 Å². The van der Waals surface area contributed by atoms with E-state index in [9.17, 15) is 4.79 Å². The third kappa shape index (κ3) is 2.35. The lowest BCUT2D eigenvalue weighted by Crippen LogP contribution is -2.42. The summed E-state index contributed by atoms with van der Waals surface area (Å²) < 4.78 is 0. The third-order valence-corrected chi connectivity index (χ3v) is 3.40. The fourth-order valence-corrected chi connectivity index (χ4v) is 2.46. The second-order valence-electron chi connectivity index (χ2n) is 5.46. The van der Waals surface area contributed by atoms with Crippen molar-refractivity contribution in [3.05, 3.63) is 24.3 Å². The molecule has 1 amide bonds. The van der Waals surface area contributed by atoms with Crippen LogP contribution in [0.15, 0.2) is 24.3 Å². The fourth-order valence-electron chi connectivity index (χ4n) is 2.46. The van der Waals surface area contributed by atoms with Crippen molar-refractivity contribution in [1.82, 2.24) is 0 Å². The minimum atomic E-state index is -0.189. The summed E-state index contributed by atoms with van der Waals surface area (Å²) in [5.74, 6) is -0.189. The van der Waals surface area contributed by atoms with Crippen LogP contribution in [0.1, 0.15) is 27.7 Å². The van der Waals surface area contributed by atoms with Crippen molar-refractivity contribution in [3.8, 4) is 0 Å². The number of hydrogen-bond donors (Lipinski definition) is 1. The van der Waals surface area contributed by atoms with E-state index in [4.69, 9.17) is 5.41 Å². The van der Waals surface area contributed by atoms with Gasteiger partial charge >= 0.3 is 0 Å². The molecule has 1 aromatic rings. The summed E-state index contributed by atoms with van der Waals surface area (Å²) in [6, 6.07) is 8.20. The standard InChI is InChI=1S/C15H21N3O/c1-10(2)17-9-12(16)15(19)18(11(3)4)14-8-6-5-7-13(14)17/h5-8,10-11,16H,9H2,1-4H3. The molecule has 1 aliphatic rings. The van der Waals surface area contributed by atoms with Crippen LogP contribution in [0.3, 0.4) is 0 Å². The number of carbonyl (C=O) groups excluding carboxylic acids is 1. The Bertz CT molecular complexity index is 508. The number of amides is 1. The molecule has 0 aliphatic carbocycles. The topological polar surface area (TPSA) is 47.4 Å². The molecule has 0 radical (unpaired) electrons. The molecule has 1 aliphatic heterocycles. The third-order valence-electron chi connectivity index (χ3n) is 3.40. The highest BCUT2D eigenvalue weighted by molar-refractivity contribution is 6.44. The highest BCUT2D eigenvalue weighted by Gasteiger charge is 2.31. The first-order valence-electron chi connectivity index (χ1n) is 6.70. The quantitative estimate of drug-likeness (QED) is 0.887. The molecule has 0 atom stereocenters. The van der Waals surface area contributed by atoms with Crippen molar-refractivity contribution >= 4 is 23.0 Å². The van der Waals surface area contributed by atoms with Gasteiger partial charge in [0.25, 0.3) is 5.91 Å². The maximum absolute atomic E-state index is 12.4. The van der Waals surface area contributed by atoms with E-state index in [1.54, 1.807) is 4.90 Å². The van der Waals surface area contributed by atoms with E-state index in [-0.39, 0.29) is 23.7 Å². The van der Waals surface area contributed by atoms with Gasteiger partial charge in [0.1, 0.15) is 5.71 Å². The van der Waals surface area contributed by atoms with Crippen molar-refractivity contribution in [2.24, 2.45) is 0 Å². The van der Waals surface area contributed by atoms with Gasteiger partial charge in [-0.1, -0.05) is 12.1 Å². The van der Waals surface area contributed by atoms with E-state index in [1.165, 1.54) is 0 Å². The molecular weight excluding hydrogens is 238 g/mol. The van der Waals surface area contributed by atoms with Crippen LogP contribution in [0.4, 0.5) is 11.4 Å². The first-order chi connectivity index (χ1) is 8.93. The highest BCUT2D eigenvalue weighted by Crippen LogP contribution is 2.34. The van der Waals surface area contributed by atoms with Gasteiger partial charge in [0.05, 0.1) is 17.9 Å². The predicted octanol–water partition coefficient (Wildman–Crippen LogP) is 2.68. The number of hydrogen-bond acceptors (Lipinski definition) is 3. The minimum absolute atomic E-state index is 0.0427. The van der Waals surface area contributed by atoms with Gasteiger partial charge in [-0.15, -0.1) is 0 Å². The number of rotatable bonds is 2. The molecule has 4 nitrogen and oxygen atoms in total. The Labute approximate surface area is 114 Å². The first-order valence-corrected chi connectivity index (χ1v) is 6.70. The van der Waals surface area contributed by atoms with Gasteiger partial charge in [-0.2, -0.15) is 0 Å². The molecule has 0 bridgehead atoms. The van der Waals surface area contributed by atoms with Crippen LogP contribution >= 0.6 is 0 Å². The van der Waals surface area contributed by atoms with Crippen LogP contribution in [0.2, 0.25) is 0 Å². The lowest BCUT2D eigenvalue weighted by molar-refractivity contribution is -0.112. The maximum atomic E-state index is 12.4. The summed E-state index contributed by atoms with van der Waals surface area (Å²) in [7, 11) is 0. The Morgan fingerprint density at radius 1 is 1.05 bits per heavy atom. The van der Waals surface area contributed by atoms with Crippen LogP contribution in [-0.2, 0) is 4.79 Å². The lowest BCUT2D eigenvalue weighted by atomic mass is 10.2. The molecule has 1 heterocycles. The van der Waals surface area contributed by atoms with E-state index < -0.39 is 0 Å². The van der Waals surface area contributed by atoms with Gasteiger partial charge < -0.3 is 9.80 Å². The summed E-state index contributed by atoms with van der Waals surface area (Å²) >= 11 is 0. The van der Waals surface area contributed by atoms with Gasteiger partial charge in [0.15, 0.2) is 0 Å². The summed E-state index contributed by atoms with van der Waals surface area (Å²) in [4.78, 5) is 16.2. The largest absolute Gasteiger partial charge is 0.361 e. The highest BCUT2D eigenvalue weighted by atomic mass is 16.2. The Kier molecular flexibility index (Phi) is 3.60. The Hall–Kier alpha value is -1.84. The number of para-hydroxylation sites is 2. The number of fused-ring (bicyclic) bond motifs is 1. The van der Waals surface area contributed by atoms with Gasteiger partial charge in [-0.05, 0) is 39.8 Å². The molecule has 19 heavy (non-hydrogen) atoms. The van der Waals surface area contributed by atoms with Crippen molar-refractivity contribution < 1.29 is 4.79 Å². The van der Waals surface area contributed by atoms with Crippen molar-refractivity contribution in [2.45, 2.75) is 39.8 Å². The number of nitrogens with zero attached hydrogens (tertiary/aromatic N) is 2. The molecule has 102 valence electrons. The van der Waals surface area contributed by atoms with E-state index in [1.807, 2.05) is 38.1 Å². The number of carbonyl (C=O) groups is 1. The molecule has 0 spiro atoms. The van der Waals surface area contributed by atoms with Crippen LogP contribution in [0, 0.1) is 5.41 Å². The van der Waals surface area contributed by atoms with E-state index in [2.05, 4.69) is 18.7 Å². The summed E-state index contributed by atoms with van der Waals surface area (Å²) in [6.45, 7) is 8.50. The maximum Gasteiger partial charge on any atom is 0.274 e. The van der Waals surface area contributed by atoms with Crippen molar-refractivity contribution in [2.75, 3.05) is 16.3 Å². The Morgan fingerprint density at radius 2 is 1.63 bits per heavy atom. The number of nitrogens with one attached hydrogen (secondary N) is 1. The van der Waals surface area contributed by atoms with E-state index in [0.29, 0.717) is 6.54 Å². The van der Waals surface area contributed by atoms with Gasteiger partial charge in [0, 0.05) is 12.1 Å². The lowest BCUT2D eigenvalue weighted by Gasteiger charge is -2.30. The molecule has 0 saturated heterocycles. The molecule has 0 saturated carbocycles. The molecule has 1 aromatic carbocycles. The van der Waals surface area contributed by atoms with E-state index in [0.717, 1.165) is 11.4 Å². The van der Waals surface area contributed by atoms with Crippen LogP contribution in [-0.4, -0.2) is 30.2 Å². The molecular formula is C15H21N3O. The zero-order valence-corrected chi connectivity index (χ0v) is 12.0.